The number of β-amino-alcohol motifs (C(OH)–C–C–N with tert-alkyl or cyclic N) is 1. The average molecular weight is 296 g/mol. The number of piperidine rings is 1. The average Bonchev–Trinajstić information content (AvgIpc) is 2.46. The molecule has 1 aliphatic heterocycles. The van der Waals surface area contributed by atoms with Gasteiger partial charge in [-0.1, -0.05) is 6.07 Å². The van der Waals surface area contributed by atoms with Crippen molar-refractivity contribution in [3.8, 4) is 5.75 Å². The van der Waals surface area contributed by atoms with E-state index in [9.17, 15) is 19.1 Å². The van der Waals surface area contributed by atoms with E-state index in [-0.39, 0.29) is 24.3 Å². The van der Waals surface area contributed by atoms with Crippen molar-refractivity contribution >= 4 is 11.8 Å². The molecule has 1 fully saturated rings. The molecule has 1 saturated heterocycles. The summed E-state index contributed by atoms with van der Waals surface area (Å²) in [7, 11) is 1.30. The molecule has 1 heterocycles. The SMILES string of the molecule is COc1cccc(C(=O)N2CCC[C@@](O)(C(N)=O)C2)c1F. The van der Waals surface area contributed by atoms with Crippen molar-refractivity contribution in [2.24, 2.45) is 5.73 Å². The second-order valence-electron chi connectivity index (χ2n) is 5.05. The molecule has 1 aliphatic rings. The molecule has 7 heteroatoms. The molecule has 3 N–H and O–H groups in total. The minimum atomic E-state index is -1.76. The fraction of sp³-hybridized carbons (Fsp3) is 0.429. The van der Waals surface area contributed by atoms with Gasteiger partial charge in [-0.25, -0.2) is 4.39 Å². The van der Waals surface area contributed by atoms with Crippen LogP contribution in [0.1, 0.15) is 23.2 Å². The Morgan fingerprint density at radius 3 is 2.81 bits per heavy atom. The van der Waals surface area contributed by atoms with Gasteiger partial charge in [-0.15, -0.1) is 0 Å². The van der Waals surface area contributed by atoms with Crippen molar-refractivity contribution in [1.29, 1.82) is 0 Å². The van der Waals surface area contributed by atoms with E-state index in [0.717, 1.165) is 0 Å². The van der Waals surface area contributed by atoms with Gasteiger partial charge in [-0.3, -0.25) is 9.59 Å². The topological polar surface area (TPSA) is 92.9 Å². The first-order valence-corrected chi connectivity index (χ1v) is 6.53. The van der Waals surface area contributed by atoms with Gasteiger partial charge in [0.05, 0.1) is 19.2 Å². The Morgan fingerprint density at radius 2 is 2.19 bits per heavy atom. The second-order valence-corrected chi connectivity index (χ2v) is 5.05. The number of likely N-dealkylation sites (tertiary alicyclic amines) is 1. The zero-order valence-corrected chi connectivity index (χ0v) is 11.6. The Balaban J connectivity index is 2.26. The summed E-state index contributed by atoms with van der Waals surface area (Å²) in [5.74, 6) is -2.29. The molecule has 6 nitrogen and oxygen atoms in total. The highest BCUT2D eigenvalue weighted by atomic mass is 19.1. The quantitative estimate of drug-likeness (QED) is 0.838. The van der Waals surface area contributed by atoms with Crippen molar-refractivity contribution in [3.63, 3.8) is 0 Å². The van der Waals surface area contributed by atoms with Gasteiger partial charge in [0.25, 0.3) is 11.8 Å². The van der Waals surface area contributed by atoms with Gasteiger partial charge in [0.15, 0.2) is 17.2 Å². The zero-order valence-electron chi connectivity index (χ0n) is 11.6. The fourth-order valence-corrected chi connectivity index (χ4v) is 2.41. The molecule has 21 heavy (non-hydrogen) atoms. The van der Waals surface area contributed by atoms with Crippen LogP contribution in [0.4, 0.5) is 4.39 Å². The maximum Gasteiger partial charge on any atom is 0.257 e. The maximum atomic E-state index is 14.1. The number of carbonyl (C=O) groups excluding carboxylic acids is 2. The summed E-state index contributed by atoms with van der Waals surface area (Å²) in [4.78, 5) is 24.9. The van der Waals surface area contributed by atoms with Crippen LogP contribution < -0.4 is 10.5 Å². The summed E-state index contributed by atoms with van der Waals surface area (Å²) in [6, 6.07) is 4.24. The van der Waals surface area contributed by atoms with Crippen LogP contribution in [0.2, 0.25) is 0 Å². The van der Waals surface area contributed by atoms with Gasteiger partial charge >= 0.3 is 0 Å². The highest BCUT2D eigenvalue weighted by molar-refractivity contribution is 5.96. The van der Waals surface area contributed by atoms with Crippen molar-refractivity contribution in [3.05, 3.63) is 29.6 Å². The van der Waals surface area contributed by atoms with Gasteiger partial charge < -0.3 is 20.5 Å². The molecule has 1 aromatic rings. The lowest BCUT2D eigenvalue weighted by Gasteiger charge is -2.37. The van der Waals surface area contributed by atoms with E-state index in [4.69, 9.17) is 10.5 Å². The van der Waals surface area contributed by atoms with E-state index >= 15 is 0 Å². The van der Waals surface area contributed by atoms with Crippen molar-refractivity contribution < 1.29 is 23.8 Å². The molecule has 0 saturated carbocycles. The summed E-state index contributed by atoms with van der Waals surface area (Å²) in [5.41, 5.74) is 3.23. The van der Waals surface area contributed by atoms with E-state index < -0.39 is 23.2 Å². The number of hydrogen-bond donors (Lipinski definition) is 2. The van der Waals surface area contributed by atoms with E-state index in [2.05, 4.69) is 0 Å². The van der Waals surface area contributed by atoms with Gasteiger partial charge in [0, 0.05) is 6.54 Å². The number of halogens is 1. The van der Waals surface area contributed by atoms with Crippen LogP contribution in [0.25, 0.3) is 0 Å². The zero-order chi connectivity index (χ0) is 15.6. The lowest BCUT2D eigenvalue weighted by molar-refractivity contribution is -0.140. The molecule has 0 unspecified atom stereocenters. The van der Waals surface area contributed by atoms with Crippen molar-refractivity contribution in [2.75, 3.05) is 20.2 Å². The number of rotatable bonds is 3. The molecule has 2 rings (SSSR count). The predicted octanol–water partition coefficient (Wildman–Crippen LogP) is 0.287. The fourth-order valence-electron chi connectivity index (χ4n) is 2.41. The highest BCUT2D eigenvalue weighted by Crippen LogP contribution is 2.25. The molecular formula is C14H17FN2O4. The third-order valence-corrected chi connectivity index (χ3v) is 3.63. The number of benzene rings is 1. The molecule has 2 amide bonds. The standard InChI is InChI=1S/C14H17FN2O4/c1-21-10-5-2-4-9(11(10)15)12(18)17-7-3-6-14(20,8-17)13(16)19/h2,4-5,20H,3,6-8H2,1H3,(H2,16,19)/t14-/m0/s1. The van der Waals surface area contributed by atoms with E-state index in [1.165, 1.54) is 30.2 Å². The van der Waals surface area contributed by atoms with Crippen LogP contribution in [0.5, 0.6) is 5.75 Å². The van der Waals surface area contributed by atoms with E-state index in [0.29, 0.717) is 13.0 Å². The summed E-state index contributed by atoms with van der Waals surface area (Å²) in [5, 5.41) is 10.1. The molecule has 0 spiro atoms. The van der Waals surface area contributed by atoms with Crippen molar-refractivity contribution in [2.45, 2.75) is 18.4 Å². The van der Waals surface area contributed by atoms with Gasteiger partial charge in [-0.05, 0) is 25.0 Å². The van der Waals surface area contributed by atoms with Crippen LogP contribution in [-0.4, -0.2) is 47.6 Å². The van der Waals surface area contributed by atoms with Crippen LogP contribution in [0.3, 0.4) is 0 Å². The number of amides is 2. The minimum Gasteiger partial charge on any atom is -0.494 e. The molecule has 114 valence electrons. The number of nitrogens with two attached hydrogens (primary N) is 1. The Morgan fingerprint density at radius 1 is 1.48 bits per heavy atom. The van der Waals surface area contributed by atoms with Crippen LogP contribution >= 0.6 is 0 Å². The normalized spacial score (nSPS) is 22.0. The number of hydrogen-bond acceptors (Lipinski definition) is 4. The predicted molar refractivity (Wildman–Crippen MR) is 72.2 cm³/mol. The van der Waals surface area contributed by atoms with Crippen molar-refractivity contribution in [1.82, 2.24) is 4.90 Å². The van der Waals surface area contributed by atoms with E-state index in [1.807, 2.05) is 0 Å². The number of aliphatic hydroxyl groups is 1. The summed E-state index contributed by atoms with van der Waals surface area (Å²) in [6.07, 6.45) is 0.601. The molecule has 1 atom stereocenters. The lowest BCUT2D eigenvalue weighted by atomic mass is 9.92. The smallest absolute Gasteiger partial charge is 0.257 e. The maximum absolute atomic E-state index is 14.1. The third-order valence-electron chi connectivity index (χ3n) is 3.63. The van der Waals surface area contributed by atoms with Gasteiger partial charge in [0.1, 0.15) is 0 Å². The Kier molecular flexibility index (Phi) is 4.13. The molecule has 1 aromatic carbocycles. The molecular weight excluding hydrogens is 279 g/mol. The number of primary amides is 1. The summed E-state index contributed by atoms with van der Waals surface area (Å²) >= 11 is 0. The van der Waals surface area contributed by atoms with Crippen LogP contribution in [0, 0.1) is 5.82 Å². The van der Waals surface area contributed by atoms with Gasteiger partial charge in [0.2, 0.25) is 0 Å². The summed E-state index contributed by atoms with van der Waals surface area (Å²) in [6.45, 7) is 0.0862. The number of methoxy groups -OCH3 is 1. The lowest BCUT2D eigenvalue weighted by Crippen LogP contribution is -2.57. The first-order valence-electron chi connectivity index (χ1n) is 6.53. The monoisotopic (exact) mass is 296 g/mol. The Labute approximate surface area is 121 Å². The first-order chi connectivity index (χ1) is 9.89. The minimum absolute atomic E-state index is 0.0389. The molecule has 0 bridgehead atoms. The first kappa shape index (κ1) is 15.2. The number of nitrogens with zero attached hydrogens (tertiary/aromatic N) is 1. The van der Waals surface area contributed by atoms with Crippen LogP contribution in [0.15, 0.2) is 18.2 Å². The number of carbonyl (C=O) groups is 2. The second kappa shape index (κ2) is 5.69. The highest BCUT2D eigenvalue weighted by Gasteiger charge is 2.40. The molecule has 0 radical (unpaired) electrons. The largest absolute Gasteiger partial charge is 0.494 e. The molecule has 0 aliphatic carbocycles. The Bertz CT molecular complexity index is 578. The summed E-state index contributed by atoms with van der Waals surface area (Å²) < 4.78 is 18.9. The number of ether oxygens (including phenoxy) is 1. The van der Waals surface area contributed by atoms with E-state index in [1.54, 1.807) is 0 Å². The van der Waals surface area contributed by atoms with Gasteiger partial charge in [-0.2, -0.15) is 0 Å². The third kappa shape index (κ3) is 2.82. The Hall–Kier alpha value is -2.15. The molecule has 0 aromatic heterocycles. The van der Waals surface area contributed by atoms with Crippen LogP contribution in [-0.2, 0) is 4.79 Å².